The molecule has 0 aliphatic carbocycles. The number of ether oxygens (including phenoxy) is 1. The van der Waals surface area contributed by atoms with Gasteiger partial charge < -0.3 is 15.2 Å². The highest BCUT2D eigenvalue weighted by Gasteiger charge is 2.33. The molecule has 106 valence electrons. The van der Waals surface area contributed by atoms with Gasteiger partial charge in [-0.2, -0.15) is 0 Å². The van der Waals surface area contributed by atoms with Crippen LogP contribution in [0.2, 0.25) is 0 Å². The Morgan fingerprint density at radius 1 is 1.42 bits per heavy atom. The standard InChI is InChI=1S/C16H25NO2/c1-12(2)14-8-13(4-5-15(14)19-3)9-16(11-18)6-7-17-10-16/h4-5,8,12,17-18H,6-7,9-11H2,1-3H3. The molecule has 1 saturated heterocycles. The van der Waals surface area contributed by atoms with Gasteiger partial charge in [-0.3, -0.25) is 0 Å². The van der Waals surface area contributed by atoms with Gasteiger partial charge in [-0.05, 0) is 42.5 Å². The van der Waals surface area contributed by atoms with E-state index in [0.29, 0.717) is 5.92 Å². The van der Waals surface area contributed by atoms with Crippen molar-refractivity contribution in [2.45, 2.75) is 32.6 Å². The van der Waals surface area contributed by atoms with Crippen LogP contribution in [0.15, 0.2) is 18.2 Å². The predicted molar refractivity (Wildman–Crippen MR) is 77.8 cm³/mol. The van der Waals surface area contributed by atoms with Crippen molar-refractivity contribution in [3.8, 4) is 5.75 Å². The van der Waals surface area contributed by atoms with Gasteiger partial charge in [0.05, 0.1) is 13.7 Å². The van der Waals surface area contributed by atoms with Gasteiger partial charge in [0.2, 0.25) is 0 Å². The zero-order valence-corrected chi connectivity index (χ0v) is 12.2. The van der Waals surface area contributed by atoms with Gasteiger partial charge in [-0.15, -0.1) is 0 Å². The second-order valence-corrected chi connectivity index (χ2v) is 5.99. The number of rotatable bonds is 5. The van der Waals surface area contributed by atoms with Gasteiger partial charge >= 0.3 is 0 Å². The van der Waals surface area contributed by atoms with Gasteiger partial charge in [0.1, 0.15) is 5.75 Å². The number of hydrogen-bond donors (Lipinski definition) is 2. The number of nitrogens with one attached hydrogen (secondary N) is 1. The first-order chi connectivity index (χ1) is 9.10. The van der Waals surface area contributed by atoms with Crippen molar-refractivity contribution in [2.24, 2.45) is 5.41 Å². The molecule has 0 amide bonds. The normalized spacial score (nSPS) is 23.0. The number of aliphatic hydroxyl groups excluding tert-OH is 1. The lowest BCUT2D eigenvalue weighted by molar-refractivity contribution is 0.143. The Morgan fingerprint density at radius 3 is 2.74 bits per heavy atom. The van der Waals surface area contributed by atoms with Gasteiger partial charge in [-0.25, -0.2) is 0 Å². The van der Waals surface area contributed by atoms with Crippen LogP contribution < -0.4 is 10.1 Å². The number of benzene rings is 1. The molecule has 3 nitrogen and oxygen atoms in total. The van der Waals surface area contributed by atoms with E-state index in [4.69, 9.17) is 4.74 Å². The molecule has 0 radical (unpaired) electrons. The maximum atomic E-state index is 9.69. The summed E-state index contributed by atoms with van der Waals surface area (Å²) in [5, 5.41) is 13.1. The van der Waals surface area contributed by atoms with Gasteiger partial charge in [0, 0.05) is 12.0 Å². The fraction of sp³-hybridized carbons (Fsp3) is 0.625. The minimum absolute atomic E-state index is 0.0167. The summed E-state index contributed by atoms with van der Waals surface area (Å²) in [6.07, 6.45) is 1.98. The van der Waals surface area contributed by atoms with Crippen molar-refractivity contribution in [2.75, 3.05) is 26.8 Å². The first-order valence-electron chi connectivity index (χ1n) is 7.08. The zero-order chi connectivity index (χ0) is 13.9. The molecule has 1 fully saturated rings. The molecular weight excluding hydrogens is 238 g/mol. The van der Waals surface area contributed by atoms with E-state index in [1.807, 2.05) is 0 Å². The lowest BCUT2D eigenvalue weighted by Crippen LogP contribution is -2.30. The van der Waals surface area contributed by atoms with Gasteiger partial charge in [-0.1, -0.05) is 26.0 Å². The Hall–Kier alpha value is -1.06. The van der Waals surface area contributed by atoms with E-state index in [1.165, 1.54) is 11.1 Å². The van der Waals surface area contributed by atoms with Crippen LogP contribution in [0.25, 0.3) is 0 Å². The summed E-state index contributed by atoms with van der Waals surface area (Å²) in [4.78, 5) is 0. The van der Waals surface area contributed by atoms with Crippen LogP contribution >= 0.6 is 0 Å². The highest BCUT2D eigenvalue weighted by molar-refractivity contribution is 5.39. The Balaban J connectivity index is 2.23. The SMILES string of the molecule is COc1ccc(CC2(CO)CCNC2)cc1C(C)C. The monoisotopic (exact) mass is 263 g/mol. The molecule has 2 rings (SSSR count). The molecule has 0 bridgehead atoms. The maximum Gasteiger partial charge on any atom is 0.122 e. The van der Waals surface area contributed by atoms with Crippen molar-refractivity contribution in [1.29, 1.82) is 0 Å². The Morgan fingerprint density at radius 2 is 2.21 bits per heavy atom. The number of hydrogen-bond acceptors (Lipinski definition) is 3. The van der Waals surface area contributed by atoms with E-state index in [0.717, 1.165) is 31.7 Å². The fourth-order valence-electron chi connectivity index (χ4n) is 2.92. The third-order valence-corrected chi connectivity index (χ3v) is 4.16. The van der Waals surface area contributed by atoms with E-state index in [-0.39, 0.29) is 12.0 Å². The van der Waals surface area contributed by atoms with E-state index in [9.17, 15) is 5.11 Å². The Kier molecular flexibility index (Phi) is 4.48. The molecule has 2 N–H and O–H groups in total. The zero-order valence-electron chi connectivity index (χ0n) is 12.2. The second kappa shape index (κ2) is 5.93. The second-order valence-electron chi connectivity index (χ2n) is 5.99. The summed E-state index contributed by atoms with van der Waals surface area (Å²) in [5.41, 5.74) is 2.56. The fourth-order valence-corrected chi connectivity index (χ4v) is 2.92. The highest BCUT2D eigenvalue weighted by Crippen LogP contribution is 2.33. The Labute approximate surface area is 116 Å². The minimum atomic E-state index is 0.0167. The van der Waals surface area contributed by atoms with E-state index >= 15 is 0 Å². The topological polar surface area (TPSA) is 41.5 Å². The number of aliphatic hydroxyl groups is 1. The molecular formula is C16H25NO2. The first kappa shape index (κ1) is 14.4. The van der Waals surface area contributed by atoms with Gasteiger partial charge in [0.15, 0.2) is 0 Å². The summed E-state index contributed by atoms with van der Waals surface area (Å²) in [6, 6.07) is 6.41. The first-order valence-corrected chi connectivity index (χ1v) is 7.08. The van der Waals surface area contributed by atoms with E-state index < -0.39 is 0 Å². The van der Waals surface area contributed by atoms with Crippen LogP contribution in [-0.2, 0) is 6.42 Å². The van der Waals surface area contributed by atoms with Crippen molar-refractivity contribution in [3.63, 3.8) is 0 Å². The van der Waals surface area contributed by atoms with Crippen LogP contribution in [0.5, 0.6) is 5.75 Å². The molecule has 19 heavy (non-hydrogen) atoms. The third-order valence-electron chi connectivity index (χ3n) is 4.16. The van der Waals surface area contributed by atoms with E-state index in [2.05, 4.69) is 37.4 Å². The highest BCUT2D eigenvalue weighted by atomic mass is 16.5. The number of methoxy groups -OCH3 is 1. The van der Waals surface area contributed by atoms with Crippen molar-refractivity contribution in [3.05, 3.63) is 29.3 Å². The molecule has 1 unspecified atom stereocenters. The Bertz CT molecular complexity index is 423. The lowest BCUT2D eigenvalue weighted by Gasteiger charge is -2.26. The summed E-state index contributed by atoms with van der Waals surface area (Å²) < 4.78 is 5.42. The molecule has 0 spiro atoms. The molecule has 1 aliphatic rings. The average molecular weight is 263 g/mol. The van der Waals surface area contributed by atoms with Crippen LogP contribution in [-0.4, -0.2) is 31.9 Å². The van der Waals surface area contributed by atoms with Crippen molar-refractivity contribution >= 4 is 0 Å². The molecule has 1 aliphatic heterocycles. The average Bonchev–Trinajstić information content (AvgIpc) is 2.87. The van der Waals surface area contributed by atoms with E-state index in [1.54, 1.807) is 7.11 Å². The largest absolute Gasteiger partial charge is 0.496 e. The summed E-state index contributed by atoms with van der Waals surface area (Å²) in [7, 11) is 1.72. The molecule has 1 atom stereocenters. The van der Waals surface area contributed by atoms with Crippen LogP contribution in [0.4, 0.5) is 0 Å². The predicted octanol–water partition coefficient (Wildman–Crippen LogP) is 2.33. The summed E-state index contributed by atoms with van der Waals surface area (Å²) in [6.45, 7) is 6.53. The lowest BCUT2D eigenvalue weighted by atomic mass is 9.81. The molecule has 3 heteroatoms. The molecule has 0 aromatic heterocycles. The van der Waals surface area contributed by atoms with Crippen molar-refractivity contribution < 1.29 is 9.84 Å². The van der Waals surface area contributed by atoms with Crippen molar-refractivity contribution in [1.82, 2.24) is 5.32 Å². The van der Waals surface area contributed by atoms with Crippen LogP contribution in [0.3, 0.4) is 0 Å². The molecule has 1 aromatic rings. The molecule has 1 aromatic carbocycles. The maximum absolute atomic E-state index is 9.69. The summed E-state index contributed by atoms with van der Waals surface area (Å²) in [5.74, 6) is 1.41. The quantitative estimate of drug-likeness (QED) is 0.856. The molecule has 0 saturated carbocycles. The van der Waals surface area contributed by atoms with Gasteiger partial charge in [0.25, 0.3) is 0 Å². The minimum Gasteiger partial charge on any atom is -0.496 e. The summed E-state index contributed by atoms with van der Waals surface area (Å²) >= 11 is 0. The molecule has 1 heterocycles. The van der Waals surface area contributed by atoms with Crippen LogP contribution in [0, 0.1) is 5.41 Å². The smallest absolute Gasteiger partial charge is 0.122 e. The third kappa shape index (κ3) is 3.10. The van der Waals surface area contributed by atoms with Crippen LogP contribution in [0.1, 0.15) is 37.3 Å².